The minimum Gasteiger partial charge on any atom is -0.504 e. The highest BCUT2D eigenvalue weighted by Crippen LogP contribution is 2.38. The number of aromatic amines is 1. The molecule has 0 fully saturated rings. The van der Waals surface area contributed by atoms with E-state index < -0.39 is 5.97 Å². The average molecular weight is 375 g/mol. The van der Waals surface area contributed by atoms with Crippen molar-refractivity contribution in [3.8, 4) is 34.0 Å². The van der Waals surface area contributed by atoms with Gasteiger partial charge in [-0.15, -0.1) is 0 Å². The predicted octanol–water partition coefficient (Wildman–Crippen LogP) is 4.01. The summed E-state index contributed by atoms with van der Waals surface area (Å²) in [5, 5.41) is 27.7. The van der Waals surface area contributed by atoms with E-state index in [2.05, 4.69) is 15.2 Å². The number of carbonyl (C=O) groups is 1. The van der Waals surface area contributed by atoms with Crippen LogP contribution in [-0.4, -0.2) is 38.5 Å². The number of aromatic hydroxyl groups is 1. The van der Waals surface area contributed by atoms with Gasteiger partial charge in [-0.1, -0.05) is 35.9 Å². The molecule has 2 heterocycles. The van der Waals surface area contributed by atoms with Crippen LogP contribution in [0.2, 0.25) is 0 Å². The number of ether oxygens (including phenoxy) is 1. The van der Waals surface area contributed by atoms with Crippen molar-refractivity contribution in [1.82, 2.24) is 15.2 Å². The third-order valence-corrected chi connectivity index (χ3v) is 4.59. The maximum atomic E-state index is 12.0. The summed E-state index contributed by atoms with van der Waals surface area (Å²) in [6, 6.07) is 14.1. The third-order valence-electron chi connectivity index (χ3n) is 4.59. The number of para-hydroxylation sites is 1. The standard InChI is InChI=1S/C21H17N3O4/c1-11-6-8-12(9-7-11)18-17-14(21(26)27)10-15(22-20(17)24-23-18)13-4-3-5-16(28-2)19(13)25/h3-10,25H,1-2H3,(H,26,27)(H,22,23,24). The lowest BCUT2D eigenvalue weighted by Gasteiger charge is -2.09. The van der Waals surface area contributed by atoms with Crippen LogP contribution in [-0.2, 0) is 0 Å². The Labute approximate surface area is 160 Å². The molecule has 0 aliphatic heterocycles. The van der Waals surface area contributed by atoms with Crippen LogP contribution in [0.4, 0.5) is 0 Å². The summed E-state index contributed by atoms with van der Waals surface area (Å²) in [6.07, 6.45) is 0. The number of nitrogens with zero attached hydrogens (tertiary/aromatic N) is 2. The first-order chi connectivity index (χ1) is 13.5. The number of pyridine rings is 1. The number of methoxy groups -OCH3 is 1. The molecule has 0 unspecified atom stereocenters. The Morgan fingerprint density at radius 2 is 1.89 bits per heavy atom. The molecule has 7 nitrogen and oxygen atoms in total. The van der Waals surface area contributed by atoms with E-state index in [4.69, 9.17) is 4.74 Å². The number of nitrogens with one attached hydrogen (secondary N) is 1. The first-order valence-corrected chi connectivity index (χ1v) is 8.55. The van der Waals surface area contributed by atoms with Crippen molar-refractivity contribution in [1.29, 1.82) is 0 Å². The van der Waals surface area contributed by atoms with Crippen LogP contribution < -0.4 is 4.74 Å². The summed E-state index contributed by atoms with van der Waals surface area (Å²) >= 11 is 0. The number of aryl methyl sites for hydroxylation is 1. The summed E-state index contributed by atoms with van der Waals surface area (Å²) in [5.74, 6) is -0.938. The Morgan fingerprint density at radius 3 is 2.57 bits per heavy atom. The molecule has 2 aromatic carbocycles. The summed E-state index contributed by atoms with van der Waals surface area (Å²) in [7, 11) is 1.44. The normalized spacial score (nSPS) is 10.9. The van der Waals surface area contributed by atoms with Crippen LogP contribution in [0.3, 0.4) is 0 Å². The number of fused-ring (bicyclic) bond motifs is 1. The number of carboxylic acid groups (broad SMARTS) is 1. The molecule has 0 bridgehead atoms. The second-order valence-electron chi connectivity index (χ2n) is 6.38. The van der Waals surface area contributed by atoms with Gasteiger partial charge in [0.2, 0.25) is 0 Å². The number of benzene rings is 2. The van der Waals surface area contributed by atoms with Crippen LogP contribution in [0.1, 0.15) is 15.9 Å². The van der Waals surface area contributed by atoms with Gasteiger partial charge in [0.15, 0.2) is 17.1 Å². The fourth-order valence-corrected chi connectivity index (χ4v) is 3.15. The lowest BCUT2D eigenvalue weighted by molar-refractivity contribution is 0.0699. The van der Waals surface area contributed by atoms with Gasteiger partial charge in [-0.05, 0) is 25.1 Å². The van der Waals surface area contributed by atoms with Gasteiger partial charge in [0.25, 0.3) is 0 Å². The second kappa shape index (κ2) is 6.70. The maximum absolute atomic E-state index is 12.0. The molecule has 0 spiro atoms. The molecule has 0 aliphatic carbocycles. The van der Waals surface area contributed by atoms with E-state index in [0.717, 1.165) is 11.1 Å². The van der Waals surface area contributed by atoms with Crippen LogP contribution in [0.25, 0.3) is 33.5 Å². The van der Waals surface area contributed by atoms with E-state index in [1.54, 1.807) is 18.2 Å². The molecule has 0 saturated carbocycles. The predicted molar refractivity (Wildman–Crippen MR) is 105 cm³/mol. The van der Waals surface area contributed by atoms with Crippen LogP contribution in [0.5, 0.6) is 11.5 Å². The summed E-state index contributed by atoms with van der Waals surface area (Å²) in [5.41, 5.74) is 3.46. The molecule has 3 N–H and O–H groups in total. The molecule has 2 aromatic heterocycles. The van der Waals surface area contributed by atoms with Gasteiger partial charge >= 0.3 is 5.97 Å². The van der Waals surface area contributed by atoms with Gasteiger partial charge in [-0.25, -0.2) is 9.78 Å². The third kappa shape index (κ3) is 2.83. The van der Waals surface area contributed by atoms with Crippen molar-refractivity contribution in [2.24, 2.45) is 0 Å². The van der Waals surface area contributed by atoms with Gasteiger partial charge in [0.05, 0.1) is 29.4 Å². The van der Waals surface area contributed by atoms with E-state index >= 15 is 0 Å². The van der Waals surface area contributed by atoms with Crippen molar-refractivity contribution in [2.45, 2.75) is 6.92 Å². The van der Waals surface area contributed by atoms with Crippen molar-refractivity contribution >= 4 is 17.0 Å². The fourth-order valence-electron chi connectivity index (χ4n) is 3.15. The monoisotopic (exact) mass is 375 g/mol. The van der Waals surface area contributed by atoms with E-state index in [1.165, 1.54) is 13.2 Å². The molecular formula is C21H17N3O4. The van der Waals surface area contributed by atoms with Crippen LogP contribution in [0, 0.1) is 6.92 Å². The topological polar surface area (TPSA) is 108 Å². The van der Waals surface area contributed by atoms with Crippen molar-refractivity contribution in [3.63, 3.8) is 0 Å². The minimum absolute atomic E-state index is 0.0477. The number of rotatable bonds is 4. The Balaban J connectivity index is 1.96. The van der Waals surface area contributed by atoms with Crippen molar-refractivity contribution in [3.05, 3.63) is 59.7 Å². The number of phenolic OH excluding ortho intramolecular Hbond substituents is 1. The Morgan fingerprint density at radius 1 is 1.14 bits per heavy atom. The van der Waals surface area contributed by atoms with Gasteiger partial charge in [-0.2, -0.15) is 5.10 Å². The van der Waals surface area contributed by atoms with Gasteiger partial charge in [0.1, 0.15) is 0 Å². The van der Waals surface area contributed by atoms with Crippen LogP contribution >= 0.6 is 0 Å². The molecule has 0 amide bonds. The highest BCUT2D eigenvalue weighted by molar-refractivity contribution is 6.08. The first-order valence-electron chi connectivity index (χ1n) is 8.55. The molecule has 4 rings (SSSR count). The average Bonchev–Trinajstić information content (AvgIpc) is 3.12. The fraction of sp³-hybridized carbons (Fsp3) is 0.0952. The van der Waals surface area contributed by atoms with E-state index in [-0.39, 0.29) is 22.7 Å². The molecule has 0 saturated heterocycles. The number of hydrogen-bond acceptors (Lipinski definition) is 5. The molecule has 28 heavy (non-hydrogen) atoms. The first kappa shape index (κ1) is 17.5. The molecule has 0 atom stereocenters. The van der Waals surface area contributed by atoms with E-state index in [1.807, 2.05) is 31.2 Å². The zero-order chi connectivity index (χ0) is 19.8. The highest BCUT2D eigenvalue weighted by Gasteiger charge is 2.21. The molecule has 7 heteroatoms. The Bertz CT molecular complexity index is 1200. The number of phenols is 1. The molecule has 140 valence electrons. The summed E-state index contributed by atoms with van der Waals surface area (Å²) in [4.78, 5) is 16.5. The summed E-state index contributed by atoms with van der Waals surface area (Å²) < 4.78 is 5.13. The largest absolute Gasteiger partial charge is 0.504 e. The smallest absolute Gasteiger partial charge is 0.336 e. The Hall–Kier alpha value is -3.87. The highest BCUT2D eigenvalue weighted by atomic mass is 16.5. The number of H-pyrrole nitrogens is 1. The molecule has 0 aliphatic rings. The number of aromatic carboxylic acids is 1. The molecule has 4 aromatic rings. The molecule has 0 radical (unpaired) electrons. The zero-order valence-electron chi connectivity index (χ0n) is 15.2. The zero-order valence-corrected chi connectivity index (χ0v) is 15.2. The van der Waals surface area contributed by atoms with Crippen LogP contribution in [0.15, 0.2) is 48.5 Å². The lowest BCUT2D eigenvalue weighted by Crippen LogP contribution is -2.00. The van der Waals surface area contributed by atoms with Gasteiger partial charge in [0, 0.05) is 11.1 Å². The number of hydrogen-bond donors (Lipinski definition) is 3. The van der Waals surface area contributed by atoms with Crippen molar-refractivity contribution < 1.29 is 19.7 Å². The van der Waals surface area contributed by atoms with E-state index in [0.29, 0.717) is 22.3 Å². The minimum atomic E-state index is -1.11. The Kier molecular flexibility index (Phi) is 4.19. The lowest BCUT2D eigenvalue weighted by atomic mass is 10.0. The number of carboxylic acids is 1. The van der Waals surface area contributed by atoms with E-state index in [9.17, 15) is 15.0 Å². The SMILES string of the molecule is COc1cccc(-c2cc(C(=O)O)c3c(-c4ccc(C)cc4)[nH]nc3n2)c1O. The second-order valence-corrected chi connectivity index (χ2v) is 6.38. The summed E-state index contributed by atoms with van der Waals surface area (Å²) in [6.45, 7) is 1.98. The maximum Gasteiger partial charge on any atom is 0.336 e. The van der Waals surface area contributed by atoms with Gasteiger partial charge in [-0.3, -0.25) is 5.10 Å². The molecular weight excluding hydrogens is 358 g/mol. The quantitative estimate of drug-likeness (QED) is 0.497. The van der Waals surface area contributed by atoms with Crippen molar-refractivity contribution in [2.75, 3.05) is 7.11 Å². The van der Waals surface area contributed by atoms with Gasteiger partial charge < -0.3 is 14.9 Å². The number of aromatic nitrogens is 3.